The van der Waals surface area contributed by atoms with E-state index in [2.05, 4.69) is 0 Å². The third-order valence-electron chi connectivity index (χ3n) is 2.10. The summed E-state index contributed by atoms with van der Waals surface area (Å²) in [5.74, 6) is -4.90. The number of benzene rings is 1. The SMILES string of the molecule is OC(CC(F)(F)C(F)(F)F)c1cccc(I)c1. The highest BCUT2D eigenvalue weighted by atomic mass is 127. The zero-order valence-electron chi connectivity index (χ0n) is 8.31. The maximum Gasteiger partial charge on any atom is 0.453 e. The van der Waals surface area contributed by atoms with Crippen molar-refractivity contribution in [2.75, 3.05) is 0 Å². The van der Waals surface area contributed by atoms with Gasteiger partial charge in [0.25, 0.3) is 0 Å². The Morgan fingerprint density at radius 2 is 1.76 bits per heavy atom. The molecular weight excluding hydrogens is 358 g/mol. The van der Waals surface area contributed by atoms with Gasteiger partial charge in [-0.1, -0.05) is 12.1 Å². The van der Waals surface area contributed by atoms with Gasteiger partial charge in [-0.2, -0.15) is 22.0 Å². The highest BCUT2D eigenvalue weighted by Crippen LogP contribution is 2.41. The maximum atomic E-state index is 12.7. The molecule has 0 aliphatic heterocycles. The molecule has 1 rings (SSSR count). The summed E-state index contributed by atoms with van der Waals surface area (Å²) in [4.78, 5) is 0. The Labute approximate surface area is 108 Å². The van der Waals surface area contributed by atoms with Crippen molar-refractivity contribution >= 4 is 22.6 Å². The van der Waals surface area contributed by atoms with Crippen LogP contribution in [0.15, 0.2) is 24.3 Å². The van der Waals surface area contributed by atoms with Crippen molar-refractivity contribution < 1.29 is 27.1 Å². The third kappa shape index (κ3) is 3.77. The Morgan fingerprint density at radius 1 is 1.18 bits per heavy atom. The van der Waals surface area contributed by atoms with Crippen LogP contribution in [0.2, 0.25) is 0 Å². The molecule has 1 nitrogen and oxygen atoms in total. The van der Waals surface area contributed by atoms with E-state index < -0.39 is 24.6 Å². The van der Waals surface area contributed by atoms with E-state index in [9.17, 15) is 27.1 Å². The molecule has 17 heavy (non-hydrogen) atoms. The summed E-state index contributed by atoms with van der Waals surface area (Å²) in [6.45, 7) is 0. The van der Waals surface area contributed by atoms with Crippen LogP contribution in [0.5, 0.6) is 0 Å². The number of alkyl halides is 5. The Balaban J connectivity index is 2.83. The molecule has 0 saturated carbocycles. The molecule has 1 aromatic rings. The highest BCUT2D eigenvalue weighted by Gasteiger charge is 2.58. The lowest BCUT2D eigenvalue weighted by Gasteiger charge is -2.22. The van der Waals surface area contributed by atoms with Gasteiger partial charge in [-0.15, -0.1) is 0 Å². The lowest BCUT2D eigenvalue weighted by molar-refractivity contribution is -0.290. The largest absolute Gasteiger partial charge is 0.453 e. The second-order valence-electron chi connectivity index (χ2n) is 3.48. The molecule has 0 radical (unpaired) electrons. The fourth-order valence-electron chi connectivity index (χ4n) is 1.19. The molecule has 1 atom stereocenters. The molecule has 0 aromatic heterocycles. The van der Waals surface area contributed by atoms with Crippen molar-refractivity contribution in [2.24, 2.45) is 0 Å². The quantitative estimate of drug-likeness (QED) is 0.636. The van der Waals surface area contributed by atoms with Crippen molar-refractivity contribution in [3.05, 3.63) is 33.4 Å². The minimum Gasteiger partial charge on any atom is -0.388 e. The molecule has 96 valence electrons. The van der Waals surface area contributed by atoms with Crippen molar-refractivity contribution in [1.82, 2.24) is 0 Å². The normalized spacial score (nSPS) is 14.8. The molecule has 1 unspecified atom stereocenters. The van der Waals surface area contributed by atoms with Crippen molar-refractivity contribution in [3.63, 3.8) is 0 Å². The average Bonchev–Trinajstić information content (AvgIpc) is 2.15. The summed E-state index contributed by atoms with van der Waals surface area (Å²) < 4.78 is 61.8. The number of aliphatic hydroxyl groups excluding tert-OH is 1. The van der Waals surface area contributed by atoms with Gasteiger partial charge in [-0.25, -0.2) is 0 Å². The van der Waals surface area contributed by atoms with Crippen molar-refractivity contribution in [2.45, 2.75) is 24.6 Å². The minimum absolute atomic E-state index is 0.0424. The number of halogens is 6. The summed E-state index contributed by atoms with van der Waals surface area (Å²) in [6, 6.07) is 5.78. The van der Waals surface area contributed by atoms with E-state index in [1.54, 1.807) is 6.07 Å². The molecule has 0 spiro atoms. The lowest BCUT2D eigenvalue weighted by Crippen LogP contribution is -2.37. The van der Waals surface area contributed by atoms with Gasteiger partial charge in [-0.05, 0) is 40.3 Å². The lowest BCUT2D eigenvalue weighted by atomic mass is 10.0. The highest BCUT2D eigenvalue weighted by molar-refractivity contribution is 14.1. The molecule has 0 heterocycles. The van der Waals surface area contributed by atoms with Crippen molar-refractivity contribution in [3.8, 4) is 0 Å². The van der Waals surface area contributed by atoms with Gasteiger partial charge < -0.3 is 5.11 Å². The Kier molecular flexibility index (Phi) is 4.34. The molecule has 0 amide bonds. The number of hydrogen-bond donors (Lipinski definition) is 1. The van der Waals surface area contributed by atoms with E-state index in [0.717, 1.165) is 0 Å². The molecule has 0 bridgehead atoms. The van der Waals surface area contributed by atoms with Gasteiger partial charge in [0.15, 0.2) is 0 Å². The first kappa shape index (κ1) is 14.6. The van der Waals surface area contributed by atoms with Crippen LogP contribution < -0.4 is 0 Å². The predicted molar refractivity (Wildman–Crippen MR) is 59.7 cm³/mol. The molecule has 1 N–H and O–H groups in total. The van der Waals surface area contributed by atoms with Gasteiger partial charge in [0.2, 0.25) is 0 Å². The first-order valence-electron chi connectivity index (χ1n) is 4.51. The molecule has 0 aliphatic rings. The first-order chi connectivity index (χ1) is 7.63. The topological polar surface area (TPSA) is 20.2 Å². The number of rotatable bonds is 3. The van der Waals surface area contributed by atoms with E-state index in [1.807, 2.05) is 22.6 Å². The average molecular weight is 366 g/mol. The zero-order valence-corrected chi connectivity index (χ0v) is 10.5. The Bertz CT molecular complexity index is 391. The van der Waals surface area contributed by atoms with Crippen LogP contribution in [0, 0.1) is 3.57 Å². The summed E-state index contributed by atoms with van der Waals surface area (Å²) in [5, 5.41) is 9.36. The summed E-state index contributed by atoms with van der Waals surface area (Å²) in [5.41, 5.74) is 0.0424. The summed E-state index contributed by atoms with van der Waals surface area (Å²) in [7, 11) is 0. The van der Waals surface area contributed by atoms with E-state index >= 15 is 0 Å². The van der Waals surface area contributed by atoms with E-state index in [0.29, 0.717) is 3.57 Å². The molecular formula is C10H8F5IO. The Morgan fingerprint density at radius 3 is 2.24 bits per heavy atom. The van der Waals surface area contributed by atoms with E-state index in [4.69, 9.17) is 0 Å². The third-order valence-corrected chi connectivity index (χ3v) is 2.77. The van der Waals surface area contributed by atoms with Gasteiger partial charge in [-0.3, -0.25) is 0 Å². The predicted octanol–water partition coefficient (Wildman–Crippen LogP) is 3.91. The van der Waals surface area contributed by atoms with Crippen LogP contribution in [0.3, 0.4) is 0 Å². The van der Waals surface area contributed by atoms with Crippen LogP contribution in [-0.2, 0) is 0 Å². The van der Waals surface area contributed by atoms with Gasteiger partial charge in [0.1, 0.15) is 0 Å². The Hall–Kier alpha value is -0.440. The summed E-state index contributed by atoms with van der Waals surface area (Å²) in [6.07, 6.45) is -9.16. The standard InChI is InChI=1S/C10H8F5IO/c11-9(12,10(13,14)15)5-8(17)6-2-1-3-7(16)4-6/h1-4,8,17H,5H2. The fourth-order valence-corrected chi connectivity index (χ4v) is 1.76. The van der Waals surface area contributed by atoms with Crippen LogP contribution in [0.4, 0.5) is 22.0 Å². The van der Waals surface area contributed by atoms with Crippen LogP contribution >= 0.6 is 22.6 Å². The molecule has 0 fully saturated rings. The maximum absolute atomic E-state index is 12.7. The van der Waals surface area contributed by atoms with Crippen LogP contribution in [-0.4, -0.2) is 17.2 Å². The number of hydrogen-bond acceptors (Lipinski definition) is 1. The zero-order chi connectivity index (χ0) is 13.3. The van der Waals surface area contributed by atoms with Crippen LogP contribution in [0.1, 0.15) is 18.1 Å². The minimum atomic E-state index is -5.64. The second kappa shape index (κ2) is 5.05. The second-order valence-corrected chi connectivity index (χ2v) is 4.72. The molecule has 0 saturated heterocycles. The molecule has 1 aromatic carbocycles. The molecule has 0 aliphatic carbocycles. The van der Waals surface area contributed by atoms with Crippen LogP contribution in [0.25, 0.3) is 0 Å². The smallest absolute Gasteiger partial charge is 0.388 e. The summed E-state index contributed by atoms with van der Waals surface area (Å²) >= 11 is 1.87. The van der Waals surface area contributed by atoms with Gasteiger partial charge in [0.05, 0.1) is 12.5 Å². The first-order valence-corrected chi connectivity index (χ1v) is 5.59. The van der Waals surface area contributed by atoms with Gasteiger partial charge >= 0.3 is 12.1 Å². The van der Waals surface area contributed by atoms with E-state index in [-0.39, 0.29) is 5.56 Å². The fraction of sp³-hybridized carbons (Fsp3) is 0.400. The number of aliphatic hydroxyl groups is 1. The van der Waals surface area contributed by atoms with Crippen molar-refractivity contribution in [1.29, 1.82) is 0 Å². The monoisotopic (exact) mass is 366 g/mol. The van der Waals surface area contributed by atoms with E-state index in [1.165, 1.54) is 18.2 Å². The molecule has 7 heteroatoms. The van der Waals surface area contributed by atoms with Gasteiger partial charge in [0, 0.05) is 3.57 Å².